The van der Waals surface area contributed by atoms with Gasteiger partial charge in [0.1, 0.15) is 11.4 Å². The van der Waals surface area contributed by atoms with Crippen LogP contribution in [0.3, 0.4) is 0 Å². The highest BCUT2D eigenvalue weighted by atomic mass is 79.9. The number of quaternary nitrogens is 1. The van der Waals surface area contributed by atoms with E-state index in [4.69, 9.17) is 0 Å². The molecule has 0 saturated carbocycles. The lowest BCUT2D eigenvalue weighted by Gasteiger charge is -2.37. The predicted octanol–water partition coefficient (Wildman–Crippen LogP) is 5.70. The molecule has 0 radical (unpaired) electrons. The van der Waals surface area contributed by atoms with E-state index in [0.717, 1.165) is 69.9 Å². The molecule has 0 bridgehead atoms. The SMILES string of the molecule is CC[N+](CC)(CCCCN(Cc1ccc2ccccc2c1)S(=O)(=O)c1csc2ccccc12)Cc1cc(C)cc(C)c1.[Br-]. The summed E-state index contributed by atoms with van der Waals surface area (Å²) < 4.78 is 32.1. The first-order chi connectivity index (χ1) is 20.2. The third-order valence-corrected chi connectivity index (χ3v) is 11.7. The Labute approximate surface area is 272 Å². The number of hydrogen-bond donors (Lipinski definition) is 0. The maximum atomic E-state index is 14.2. The number of aryl methyl sites for hydroxylation is 2. The first kappa shape index (κ1) is 33.3. The zero-order valence-corrected chi connectivity index (χ0v) is 28.9. The zero-order chi connectivity index (χ0) is 29.7. The molecule has 0 N–H and O–H groups in total. The molecular formula is C36H43BrN2O2S2. The Bertz CT molecular complexity index is 1760. The van der Waals surface area contributed by atoms with Crippen LogP contribution in [0.1, 0.15) is 48.9 Å². The first-order valence-corrected chi connectivity index (χ1v) is 17.4. The average Bonchev–Trinajstić information content (AvgIpc) is 3.43. The molecule has 43 heavy (non-hydrogen) atoms. The molecule has 0 amide bonds. The van der Waals surface area contributed by atoms with Gasteiger partial charge in [-0.2, -0.15) is 4.31 Å². The summed E-state index contributed by atoms with van der Waals surface area (Å²) in [6.07, 6.45) is 1.79. The molecule has 1 heterocycles. The summed E-state index contributed by atoms with van der Waals surface area (Å²) >= 11 is 1.50. The Morgan fingerprint density at radius 2 is 1.44 bits per heavy atom. The standard InChI is InChI=1S/C36H43N2O2S2.BrH/c1-5-38(6-2,26-31-22-28(3)21-29(4)23-31)20-12-11-19-37(25-30-17-18-32-13-7-8-14-33(32)24-30)42(39,40)36-27-41-35-16-10-9-15-34(35)36;/h7-10,13-18,21-24,27H,5-6,11-12,19-20,25-26H2,1-4H3;1H/q+1;/p-1. The van der Waals surface area contributed by atoms with E-state index >= 15 is 0 Å². The fourth-order valence-corrected chi connectivity index (χ4v) is 9.18. The summed E-state index contributed by atoms with van der Waals surface area (Å²) in [7, 11) is -3.68. The van der Waals surface area contributed by atoms with E-state index in [0.29, 0.717) is 18.0 Å². The minimum atomic E-state index is -3.68. The van der Waals surface area contributed by atoms with E-state index in [2.05, 4.69) is 76.2 Å². The van der Waals surface area contributed by atoms with Gasteiger partial charge >= 0.3 is 0 Å². The van der Waals surface area contributed by atoms with Crippen molar-refractivity contribution in [1.29, 1.82) is 0 Å². The van der Waals surface area contributed by atoms with E-state index in [1.165, 1.54) is 28.0 Å². The van der Waals surface area contributed by atoms with Crippen LogP contribution in [0.2, 0.25) is 0 Å². The molecule has 1 aromatic heterocycles. The number of nitrogens with zero attached hydrogens (tertiary/aromatic N) is 2. The number of unbranched alkanes of at least 4 members (excludes halogenated alkanes) is 1. The second kappa shape index (κ2) is 14.5. The van der Waals surface area contributed by atoms with Crippen molar-refractivity contribution in [3.8, 4) is 0 Å². The number of halogens is 1. The largest absolute Gasteiger partial charge is 1.00 e. The molecule has 0 fully saturated rings. The van der Waals surface area contributed by atoms with Crippen molar-refractivity contribution in [3.63, 3.8) is 0 Å². The van der Waals surface area contributed by atoms with Crippen molar-refractivity contribution in [2.24, 2.45) is 0 Å². The quantitative estimate of drug-likeness (QED) is 0.118. The van der Waals surface area contributed by atoms with Crippen LogP contribution in [0, 0.1) is 13.8 Å². The van der Waals surface area contributed by atoms with Gasteiger partial charge in [-0.25, -0.2) is 8.42 Å². The van der Waals surface area contributed by atoms with Crippen LogP contribution in [0.5, 0.6) is 0 Å². The topological polar surface area (TPSA) is 37.4 Å². The number of benzene rings is 4. The van der Waals surface area contributed by atoms with Crippen molar-refractivity contribution in [3.05, 3.63) is 113 Å². The fraction of sp³-hybridized carbons (Fsp3) is 0.333. The zero-order valence-electron chi connectivity index (χ0n) is 25.7. The number of thiophene rings is 1. The summed E-state index contributed by atoms with van der Waals surface area (Å²) in [5.74, 6) is 0. The third kappa shape index (κ3) is 7.76. The van der Waals surface area contributed by atoms with Gasteiger partial charge in [0.25, 0.3) is 0 Å². The van der Waals surface area contributed by atoms with Gasteiger partial charge in [-0.1, -0.05) is 83.9 Å². The Hall–Kier alpha value is -2.55. The predicted molar refractivity (Wildman–Crippen MR) is 178 cm³/mol. The molecule has 0 aliphatic carbocycles. The smallest absolute Gasteiger partial charge is 0.244 e. The van der Waals surface area contributed by atoms with Crippen LogP contribution < -0.4 is 17.0 Å². The van der Waals surface area contributed by atoms with Crippen LogP contribution in [0.4, 0.5) is 0 Å². The summed E-state index contributed by atoms with van der Waals surface area (Å²) in [6, 6.07) is 29.2. The van der Waals surface area contributed by atoms with Gasteiger partial charge in [0, 0.05) is 34.1 Å². The van der Waals surface area contributed by atoms with E-state index in [9.17, 15) is 8.42 Å². The first-order valence-electron chi connectivity index (χ1n) is 15.1. The maximum Gasteiger partial charge on any atom is 0.244 e. The minimum Gasteiger partial charge on any atom is -1.00 e. The second-order valence-corrected chi connectivity index (χ2v) is 14.5. The van der Waals surface area contributed by atoms with Crippen LogP contribution in [-0.2, 0) is 23.1 Å². The molecule has 4 aromatic carbocycles. The average molecular weight is 680 g/mol. The Kier molecular flexibility index (Phi) is 11.2. The highest BCUT2D eigenvalue weighted by Gasteiger charge is 2.29. The number of fused-ring (bicyclic) bond motifs is 2. The molecule has 0 aliphatic rings. The van der Waals surface area contributed by atoms with Crippen LogP contribution >= 0.6 is 11.3 Å². The summed E-state index contributed by atoms with van der Waals surface area (Å²) in [5.41, 5.74) is 5.02. The molecule has 5 aromatic rings. The third-order valence-electron chi connectivity index (χ3n) is 8.67. The molecular weight excluding hydrogens is 636 g/mol. The van der Waals surface area contributed by atoms with Crippen molar-refractivity contribution >= 4 is 42.2 Å². The van der Waals surface area contributed by atoms with Gasteiger partial charge < -0.3 is 21.5 Å². The molecule has 0 saturated heterocycles. The molecule has 4 nitrogen and oxygen atoms in total. The van der Waals surface area contributed by atoms with Crippen LogP contribution in [0.25, 0.3) is 20.9 Å². The van der Waals surface area contributed by atoms with Gasteiger partial charge in [-0.3, -0.25) is 0 Å². The van der Waals surface area contributed by atoms with Crippen LogP contribution in [-0.4, -0.2) is 43.4 Å². The van der Waals surface area contributed by atoms with Gasteiger partial charge in [-0.15, -0.1) is 11.3 Å². The molecule has 5 rings (SSSR count). The lowest BCUT2D eigenvalue weighted by molar-refractivity contribution is -0.938. The van der Waals surface area contributed by atoms with E-state index in [1.807, 2.05) is 41.8 Å². The highest BCUT2D eigenvalue weighted by molar-refractivity contribution is 7.89. The van der Waals surface area contributed by atoms with E-state index < -0.39 is 10.0 Å². The van der Waals surface area contributed by atoms with Crippen molar-refractivity contribution < 1.29 is 29.9 Å². The Morgan fingerprint density at radius 3 is 2.16 bits per heavy atom. The van der Waals surface area contributed by atoms with Gasteiger partial charge in [0.05, 0.1) is 19.6 Å². The molecule has 0 aliphatic heterocycles. The van der Waals surface area contributed by atoms with Gasteiger partial charge in [0.2, 0.25) is 10.0 Å². The summed E-state index contributed by atoms with van der Waals surface area (Å²) in [6.45, 7) is 13.9. The molecule has 7 heteroatoms. The lowest BCUT2D eigenvalue weighted by atomic mass is 10.1. The molecule has 0 spiro atoms. The number of hydrogen-bond acceptors (Lipinski definition) is 3. The number of rotatable bonds is 13. The Balaban J connectivity index is 0.00000423. The number of sulfonamides is 1. The van der Waals surface area contributed by atoms with Gasteiger partial charge in [-0.05, 0) is 69.0 Å². The van der Waals surface area contributed by atoms with Gasteiger partial charge in [0.15, 0.2) is 0 Å². The van der Waals surface area contributed by atoms with Crippen LogP contribution in [0.15, 0.2) is 95.2 Å². The lowest BCUT2D eigenvalue weighted by Crippen LogP contribution is -3.00. The molecule has 228 valence electrons. The molecule has 0 unspecified atom stereocenters. The van der Waals surface area contributed by atoms with E-state index in [1.54, 1.807) is 4.31 Å². The second-order valence-electron chi connectivity index (χ2n) is 11.7. The normalized spacial score (nSPS) is 12.2. The Morgan fingerprint density at radius 1 is 0.767 bits per heavy atom. The van der Waals surface area contributed by atoms with Crippen molar-refractivity contribution in [2.45, 2.75) is 58.5 Å². The maximum absolute atomic E-state index is 14.2. The summed E-state index contributed by atoms with van der Waals surface area (Å²) in [4.78, 5) is 0.422. The molecule has 0 atom stereocenters. The fourth-order valence-electron chi connectivity index (χ4n) is 6.24. The van der Waals surface area contributed by atoms with E-state index in [-0.39, 0.29) is 17.0 Å². The van der Waals surface area contributed by atoms with Crippen molar-refractivity contribution in [1.82, 2.24) is 4.31 Å². The van der Waals surface area contributed by atoms with Crippen molar-refractivity contribution in [2.75, 3.05) is 26.2 Å². The summed E-state index contributed by atoms with van der Waals surface area (Å²) in [5, 5.41) is 4.92. The monoisotopic (exact) mass is 678 g/mol. The minimum absolute atomic E-state index is 0. The highest BCUT2D eigenvalue weighted by Crippen LogP contribution is 2.32.